The minimum absolute atomic E-state index is 0.225. The van der Waals surface area contributed by atoms with Crippen LogP contribution in [-0.4, -0.2) is 32.1 Å². The average Bonchev–Trinajstić information content (AvgIpc) is 2.29. The van der Waals surface area contributed by atoms with Crippen LogP contribution in [0.5, 0.6) is 0 Å². The summed E-state index contributed by atoms with van der Waals surface area (Å²) in [6.45, 7) is 6.65. The maximum atomic E-state index is 3.47. The van der Waals surface area contributed by atoms with Crippen LogP contribution in [0.25, 0.3) is 0 Å². The third-order valence-corrected chi connectivity index (χ3v) is 4.17. The zero-order valence-corrected chi connectivity index (χ0v) is 11.5. The Morgan fingerprint density at radius 1 is 1.12 bits per heavy atom. The molecule has 1 aromatic rings. The number of benzene rings is 1. The molecule has 0 amide bonds. The predicted molar refractivity (Wildman–Crippen MR) is 73.4 cm³/mol. The van der Waals surface area contributed by atoms with Crippen molar-refractivity contribution in [2.75, 3.05) is 27.2 Å². The van der Waals surface area contributed by atoms with Crippen LogP contribution in [0.15, 0.2) is 18.2 Å². The highest BCUT2D eigenvalue weighted by molar-refractivity contribution is 5.36. The summed E-state index contributed by atoms with van der Waals surface area (Å²) in [5.74, 6) is 0. The van der Waals surface area contributed by atoms with Crippen molar-refractivity contribution in [1.29, 1.82) is 0 Å². The lowest BCUT2D eigenvalue weighted by Crippen LogP contribution is -2.49. The van der Waals surface area contributed by atoms with E-state index in [1.807, 2.05) is 0 Å². The molecule has 0 radical (unpaired) electrons. The minimum Gasteiger partial charge on any atom is -0.317 e. The molecule has 2 heteroatoms. The van der Waals surface area contributed by atoms with Crippen molar-refractivity contribution in [2.45, 2.75) is 32.2 Å². The molecule has 2 nitrogen and oxygen atoms in total. The second-order valence-electron chi connectivity index (χ2n) is 5.49. The molecule has 94 valence electrons. The fourth-order valence-corrected chi connectivity index (χ4v) is 3.13. The molecule has 1 aromatic carbocycles. The van der Waals surface area contributed by atoms with Gasteiger partial charge in [0.05, 0.1) is 0 Å². The molecule has 1 aliphatic rings. The van der Waals surface area contributed by atoms with Gasteiger partial charge in [0.15, 0.2) is 0 Å². The molecule has 0 atom stereocenters. The van der Waals surface area contributed by atoms with E-state index in [2.05, 4.69) is 56.4 Å². The first-order valence-electron chi connectivity index (χ1n) is 6.52. The molecule has 17 heavy (non-hydrogen) atoms. The van der Waals surface area contributed by atoms with Gasteiger partial charge in [0.25, 0.3) is 0 Å². The quantitative estimate of drug-likeness (QED) is 0.842. The summed E-state index contributed by atoms with van der Waals surface area (Å²) in [4.78, 5) is 2.41. The third-order valence-electron chi connectivity index (χ3n) is 4.17. The SMILES string of the molecule is Cc1ccc(C2(N(C)C)CCNCC2)c(C)c1. The van der Waals surface area contributed by atoms with Gasteiger partial charge in [-0.25, -0.2) is 0 Å². The molecular formula is C15H24N2. The second-order valence-corrected chi connectivity index (χ2v) is 5.49. The first-order valence-corrected chi connectivity index (χ1v) is 6.52. The average molecular weight is 232 g/mol. The number of nitrogens with one attached hydrogen (secondary N) is 1. The fraction of sp³-hybridized carbons (Fsp3) is 0.600. The Labute approximate surface area is 105 Å². The normalized spacial score (nSPS) is 19.6. The van der Waals surface area contributed by atoms with Crippen molar-refractivity contribution in [3.8, 4) is 0 Å². The molecule has 1 saturated heterocycles. The Balaban J connectivity index is 2.45. The summed E-state index contributed by atoms with van der Waals surface area (Å²) in [5.41, 5.74) is 4.52. The fourth-order valence-electron chi connectivity index (χ4n) is 3.13. The predicted octanol–water partition coefficient (Wildman–Crippen LogP) is 2.44. The van der Waals surface area contributed by atoms with Crippen LogP contribution >= 0.6 is 0 Å². The molecule has 0 saturated carbocycles. The molecule has 1 aliphatic heterocycles. The Hall–Kier alpha value is -0.860. The molecule has 0 aliphatic carbocycles. The van der Waals surface area contributed by atoms with E-state index < -0.39 is 0 Å². The molecule has 0 spiro atoms. The summed E-state index contributed by atoms with van der Waals surface area (Å²) in [7, 11) is 4.43. The topological polar surface area (TPSA) is 15.3 Å². The maximum absolute atomic E-state index is 3.47. The van der Waals surface area contributed by atoms with E-state index in [1.54, 1.807) is 0 Å². The molecule has 2 rings (SSSR count). The number of rotatable bonds is 2. The molecule has 0 unspecified atom stereocenters. The highest BCUT2D eigenvalue weighted by Gasteiger charge is 2.36. The smallest absolute Gasteiger partial charge is 0.0481 e. The Morgan fingerprint density at radius 2 is 1.76 bits per heavy atom. The summed E-state index contributed by atoms with van der Waals surface area (Å²) in [5, 5.41) is 3.47. The van der Waals surface area contributed by atoms with Crippen LogP contribution in [0.1, 0.15) is 29.5 Å². The summed E-state index contributed by atoms with van der Waals surface area (Å²) in [6, 6.07) is 6.88. The molecular weight excluding hydrogens is 208 g/mol. The van der Waals surface area contributed by atoms with Crippen LogP contribution < -0.4 is 5.32 Å². The summed E-state index contributed by atoms with van der Waals surface area (Å²) >= 11 is 0. The minimum atomic E-state index is 0.225. The van der Waals surface area contributed by atoms with Gasteiger partial charge in [-0.1, -0.05) is 23.8 Å². The molecule has 0 aromatic heterocycles. The molecule has 1 heterocycles. The zero-order chi connectivity index (χ0) is 12.5. The number of nitrogens with zero attached hydrogens (tertiary/aromatic N) is 1. The first-order chi connectivity index (χ1) is 8.06. The lowest BCUT2D eigenvalue weighted by Gasteiger charge is -2.44. The maximum Gasteiger partial charge on any atom is 0.0481 e. The summed E-state index contributed by atoms with van der Waals surface area (Å²) in [6.07, 6.45) is 2.40. The third kappa shape index (κ3) is 2.24. The van der Waals surface area contributed by atoms with E-state index in [0.29, 0.717) is 0 Å². The van der Waals surface area contributed by atoms with Crippen LogP contribution in [0.4, 0.5) is 0 Å². The van der Waals surface area contributed by atoms with E-state index in [-0.39, 0.29) is 5.54 Å². The van der Waals surface area contributed by atoms with Gasteiger partial charge in [0.1, 0.15) is 0 Å². The molecule has 1 fully saturated rings. The van der Waals surface area contributed by atoms with Crippen LogP contribution in [0, 0.1) is 13.8 Å². The van der Waals surface area contributed by atoms with Crippen molar-refractivity contribution in [1.82, 2.24) is 10.2 Å². The van der Waals surface area contributed by atoms with Gasteiger partial charge in [-0.2, -0.15) is 0 Å². The van der Waals surface area contributed by atoms with E-state index in [4.69, 9.17) is 0 Å². The molecule has 0 bridgehead atoms. The van der Waals surface area contributed by atoms with E-state index >= 15 is 0 Å². The number of piperidine rings is 1. The number of hydrogen-bond acceptors (Lipinski definition) is 2. The van der Waals surface area contributed by atoms with Gasteiger partial charge in [-0.3, -0.25) is 4.90 Å². The van der Waals surface area contributed by atoms with Gasteiger partial charge in [0, 0.05) is 5.54 Å². The van der Waals surface area contributed by atoms with Gasteiger partial charge in [0.2, 0.25) is 0 Å². The number of aryl methyl sites for hydroxylation is 2. The first kappa shape index (κ1) is 12.6. The van der Waals surface area contributed by atoms with Crippen LogP contribution in [-0.2, 0) is 5.54 Å². The lowest BCUT2D eigenvalue weighted by molar-refractivity contribution is 0.106. The van der Waals surface area contributed by atoms with Crippen molar-refractivity contribution < 1.29 is 0 Å². The van der Waals surface area contributed by atoms with E-state index in [1.165, 1.54) is 29.5 Å². The Morgan fingerprint density at radius 3 is 2.29 bits per heavy atom. The van der Waals surface area contributed by atoms with E-state index in [9.17, 15) is 0 Å². The van der Waals surface area contributed by atoms with Crippen molar-refractivity contribution in [3.63, 3.8) is 0 Å². The largest absolute Gasteiger partial charge is 0.317 e. The molecule has 1 N–H and O–H groups in total. The lowest BCUT2D eigenvalue weighted by atomic mass is 9.78. The van der Waals surface area contributed by atoms with Crippen molar-refractivity contribution in [2.24, 2.45) is 0 Å². The highest BCUT2D eigenvalue weighted by atomic mass is 15.2. The number of hydrogen-bond donors (Lipinski definition) is 1. The monoisotopic (exact) mass is 232 g/mol. The van der Waals surface area contributed by atoms with Crippen LogP contribution in [0.2, 0.25) is 0 Å². The zero-order valence-electron chi connectivity index (χ0n) is 11.5. The van der Waals surface area contributed by atoms with E-state index in [0.717, 1.165) is 13.1 Å². The Kier molecular flexibility index (Phi) is 3.55. The van der Waals surface area contributed by atoms with Crippen molar-refractivity contribution in [3.05, 3.63) is 34.9 Å². The highest BCUT2D eigenvalue weighted by Crippen LogP contribution is 2.37. The summed E-state index contributed by atoms with van der Waals surface area (Å²) < 4.78 is 0. The van der Waals surface area contributed by atoms with Crippen molar-refractivity contribution >= 4 is 0 Å². The Bertz CT molecular complexity index is 390. The standard InChI is InChI=1S/C15H24N2/c1-12-5-6-14(13(2)11-12)15(17(3)4)7-9-16-10-8-15/h5-6,11,16H,7-10H2,1-4H3. The van der Waals surface area contributed by atoms with Crippen LogP contribution in [0.3, 0.4) is 0 Å². The van der Waals surface area contributed by atoms with Gasteiger partial charge in [-0.05, 0) is 65.0 Å². The van der Waals surface area contributed by atoms with Gasteiger partial charge >= 0.3 is 0 Å². The van der Waals surface area contributed by atoms with Gasteiger partial charge in [-0.15, -0.1) is 0 Å². The second kappa shape index (κ2) is 4.79. The van der Waals surface area contributed by atoms with Gasteiger partial charge < -0.3 is 5.32 Å².